The van der Waals surface area contributed by atoms with Crippen LogP contribution in [-0.2, 0) is 21.0 Å². The predicted octanol–water partition coefficient (Wildman–Crippen LogP) is 5.24. The van der Waals surface area contributed by atoms with Gasteiger partial charge in [-0.05, 0) is 67.1 Å². The van der Waals surface area contributed by atoms with Crippen molar-refractivity contribution in [3.63, 3.8) is 0 Å². The van der Waals surface area contributed by atoms with E-state index in [1.165, 1.54) is 25.1 Å². The van der Waals surface area contributed by atoms with Gasteiger partial charge >= 0.3 is 16.2 Å². The smallest absolute Gasteiger partial charge is 0.416 e. The highest BCUT2D eigenvalue weighted by Gasteiger charge is 2.32. The Morgan fingerprint density at radius 2 is 1.82 bits per heavy atom. The summed E-state index contributed by atoms with van der Waals surface area (Å²) in [5, 5.41) is 11.6. The summed E-state index contributed by atoms with van der Waals surface area (Å²) in [6.07, 6.45) is -4.81. The Hall–Kier alpha value is -4.28. The molecule has 0 aromatic heterocycles. The topological polar surface area (TPSA) is 143 Å². The molecule has 0 heterocycles. The number of alkyl halides is 3. The third kappa shape index (κ3) is 6.53. The average Bonchev–Trinajstić information content (AvgIpc) is 2.87. The van der Waals surface area contributed by atoms with E-state index >= 15 is 0 Å². The largest absolute Gasteiger partial charge is 0.483 e. The molecular formula is C24H15ClF3N3O6S. The van der Waals surface area contributed by atoms with E-state index in [9.17, 15) is 36.1 Å². The number of benzene rings is 3. The molecule has 0 fully saturated rings. The van der Waals surface area contributed by atoms with Crippen LogP contribution in [0.5, 0.6) is 5.75 Å². The second-order valence-corrected chi connectivity index (χ2v) is 9.75. The SMILES string of the molecule is Cc1cc(S(=O)(=O)N=O)ccc1NC(=O)COc1ccc(Cl)cc1C(=O)c1cc(C#N)cc(C(F)(F)F)c1. The molecule has 3 rings (SSSR count). The van der Waals surface area contributed by atoms with Gasteiger partial charge in [0.25, 0.3) is 5.91 Å². The highest BCUT2D eigenvalue weighted by Crippen LogP contribution is 2.32. The van der Waals surface area contributed by atoms with Gasteiger partial charge in [0.05, 0.1) is 32.2 Å². The van der Waals surface area contributed by atoms with E-state index in [1.54, 1.807) is 6.07 Å². The Balaban J connectivity index is 1.83. The fraction of sp³-hybridized carbons (Fsp3) is 0.125. The fourth-order valence-electron chi connectivity index (χ4n) is 3.26. The first-order chi connectivity index (χ1) is 17.7. The van der Waals surface area contributed by atoms with Crippen molar-refractivity contribution in [1.82, 2.24) is 0 Å². The van der Waals surface area contributed by atoms with Crippen LogP contribution in [-0.4, -0.2) is 26.7 Å². The second-order valence-electron chi connectivity index (χ2n) is 7.74. The predicted molar refractivity (Wildman–Crippen MR) is 129 cm³/mol. The van der Waals surface area contributed by atoms with Crippen molar-refractivity contribution in [2.45, 2.75) is 18.0 Å². The monoisotopic (exact) mass is 565 g/mol. The third-order valence-electron chi connectivity index (χ3n) is 5.06. The number of sulfonamides is 1. The summed E-state index contributed by atoms with van der Waals surface area (Å²) in [5.74, 6) is -1.82. The van der Waals surface area contributed by atoms with Crippen molar-refractivity contribution in [3.8, 4) is 11.8 Å². The van der Waals surface area contributed by atoms with Gasteiger partial charge in [-0.2, -0.15) is 26.9 Å². The number of rotatable bonds is 8. The lowest BCUT2D eigenvalue weighted by atomic mass is 9.98. The molecule has 1 N–H and O–H groups in total. The van der Waals surface area contributed by atoms with Crippen LogP contribution in [0.4, 0.5) is 18.9 Å². The van der Waals surface area contributed by atoms with Gasteiger partial charge in [0.2, 0.25) is 0 Å². The lowest BCUT2D eigenvalue weighted by Gasteiger charge is -2.14. The van der Waals surface area contributed by atoms with Gasteiger partial charge in [-0.1, -0.05) is 11.6 Å². The molecule has 0 aliphatic carbocycles. The first-order valence-corrected chi connectivity index (χ1v) is 12.2. The molecule has 1 amide bonds. The van der Waals surface area contributed by atoms with Gasteiger partial charge in [0.1, 0.15) is 5.75 Å². The van der Waals surface area contributed by atoms with E-state index in [0.29, 0.717) is 17.7 Å². The maximum atomic E-state index is 13.2. The number of ketones is 1. The number of carbonyl (C=O) groups is 2. The van der Waals surface area contributed by atoms with Crippen LogP contribution >= 0.6 is 11.6 Å². The van der Waals surface area contributed by atoms with E-state index in [4.69, 9.17) is 21.6 Å². The summed E-state index contributed by atoms with van der Waals surface area (Å²) in [5.41, 5.74) is -1.77. The quantitative estimate of drug-likeness (QED) is 0.290. The van der Waals surface area contributed by atoms with Crippen LogP contribution in [0.15, 0.2) is 64.1 Å². The Bertz CT molecular complexity index is 1600. The Kier molecular flexibility index (Phi) is 8.19. The van der Waals surface area contributed by atoms with Gasteiger partial charge in [-0.25, -0.2) is 0 Å². The number of hydrogen-bond donors (Lipinski definition) is 1. The number of amides is 1. The number of nitrogens with zero attached hydrogens (tertiary/aromatic N) is 2. The van der Waals surface area contributed by atoms with Crippen LogP contribution in [0.1, 0.15) is 32.6 Å². The number of nitriles is 1. The molecule has 0 spiro atoms. The van der Waals surface area contributed by atoms with Gasteiger partial charge in [0, 0.05) is 16.3 Å². The van der Waals surface area contributed by atoms with E-state index < -0.39 is 45.6 Å². The van der Waals surface area contributed by atoms with Crippen molar-refractivity contribution in [2.75, 3.05) is 11.9 Å². The van der Waals surface area contributed by atoms with Crippen LogP contribution in [0.25, 0.3) is 0 Å². The standard InChI is InChI=1S/C24H15ClF3N3O6S/c1-13-6-18(38(35,36)31-34)3-4-20(13)30-22(32)12-37-21-5-2-17(25)10-19(21)23(33)15-7-14(11-29)8-16(9-15)24(26,27)28/h2-10H,12H2,1H3,(H,30,32). The molecule has 0 aliphatic heterocycles. The maximum Gasteiger partial charge on any atom is 0.416 e. The lowest BCUT2D eigenvalue weighted by molar-refractivity contribution is -0.137. The molecule has 38 heavy (non-hydrogen) atoms. The highest BCUT2D eigenvalue weighted by atomic mass is 35.5. The summed E-state index contributed by atoms with van der Waals surface area (Å²) in [7, 11) is -4.36. The first-order valence-electron chi connectivity index (χ1n) is 10.3. The number of aryl methyl sites for hydroxylation is 1. The van der Waals surface area contributed by atoms with Gasteiger partial charge in [-0.3, -0.25) is 9.59 Å². The number of carbonyl (C=O) groups excluding carboxylic acids is 2. The third-order valence-corrected chi connectivity index (χ3v) is 6.35. The molecule has 14 heteroatoms. The normalized spacial score (nSPS) is 11.4. The summed E-state index contributed by atoms with van der Waals surface area (Å²) in [4.78, 5) is 35.6. The van der Waals surface area contributed by atoms with E-state index in [0.717, 1.165) is 24.3 Å². The average molecular weight is 566 g/mol. The molecule has 0 radical (unpaired) electrons. The van der Waals surface area contributed by atoms with Crippen LogP contribution in [0, 0.1) is 23.2 Å². The van der Waals surface area contributed by atoms with Crippen molar-refractivity contribution in [2.24, 2.45) is 4.58 Å². The van der Waals surface area contributed by atoms with Crippen LogP contribution in [0.2, 0.25) is 5.02 Å². The van der Waals surface area contributed by atoms with Crippen molar-refractivity contribution >= 4 is 39.0 Å². The fourth-order valence-corrected chi connectivity index (χ4v) is 4.08. The Labute approximate surface area is 218 Å². The van der Waals surface area contributed by atoms with Gasteiger partial charge < -0.3 is 10.1 Å². The molecule has 9 nitrogen and oxygen atoms in total. The zero-order valence-corrected chi connectivity index (χ0v) is 20.7. The number of nitrogens with one attached hydrogen (secondary N) is 1. The molecule has 0 saturated heterocycles. The van der Waals surface area contributed by atoms with E-state index in [2.05, 4.69) is 9.90 Å². The molecule has 0 saturated carbocycles. The molecule has 0 aliphatic rings. The zero-order chi connectivity index (χ0) is 28.3. The zero-order valence-electron chi connectivity index (χ0n) is 19.2. The number of halogens is 4. The summed E-state index contributed by atoms with van der Waals surface area (Å²) in [6, 6.07) is 10.9. The lowest BCUT2D eigenvalue weighted by Crippen LogP contribution is -2.21. The van der Waals surface area contributed by atoms with Crippen LogP contribution in [0.3, 0.4) is 0 Å². The summed E-state index contributed by atoms with van der Waals surface area (Å²) in [6.45, 7) is 0.824. The molecule has 0 unspecified atom stereocenters. The van der Waals surface area contributed by atoms with Crippen LogP contribution < -0.4 is 10.1 Å². The Morgan fingerprint density at radius 1 is 1.11 bits per heavy atom. The molecule has 196 valence electrons. The number of ether oxygens (including phenoxy) is 1. The van der Waals surface area contributed by atoms with Gasteiger partial charge in [0.15, 0.2) is 12.4 Å². The van der Waals surface area contributed by atoms with E-state index in [-0.39, 0.29) is 32.5 Å². The highest BCUT2D eigenvalue weighted by molar-refractivity contribution is 7.90. The second kappa shape index (κ2) is 11.0. The Morgan fingerprint density at radius 3 is 2.42 bits per heavy atom. The molecule has 0 atom stereocenters. The minimum atomic E-state index is -4.81. The van der Waals surface area contributed by atoms with Gasteiger partial charge in [-0.15, -0.1) is 4.91 Å². The van der Waals surface area contributed by atoms with Crippen molar-refractivity contribution in [1.29, 1.82) is 5.26 Å². The molecule has 3 aromatic carbocycles. The minimum Gasteiger partial charge on any atom is -0.483 e. The summed E-state index contributed by atoms with van der Waals surface area (Å²) >= 11 is 5.97. The van der Waals surface area contributed by atoms with E-state index in [1.807, 2.05) is 0 Å². The molecule has 3 aromatic rings. The maximum absolute atomic E-state index is 13.2. The number of nitroso groups, excluding NO2 is 1. The minimum absolute atomic E-state index is 0.0631. The van der Waals surface area contributed by atoms with Crippen molar-refractivity contribution < 1.29 is 35.9 Å². The molecule has 0 bridgehead atoms. The number of hydrogen-bond acceptors (Lipinski definition) is 7. The summed E-state index contributed by atoms with van der Waals surface area (Å²) < 4.78 is 70.4. The van der Waals surface area contributed by atoms with Crippen molar-refractivity contribution in [3.05, 3.63) is 92.3 Å². The molecular weight excluding hydrogens is 551 g/mol. The number of anilines is 1. The first kappa shape index (κ1) is 28.3.